The molecule has 1 aliphatic heterocycles. The highest BCUT2D eigenvalue weighted by atomic mass is 15.2. The molecule has 0 saturated carbocycles. The van der Waals surface area contributed by atoms with E-state index in [4.69, 9.17) is 0 Å². The summed E-state index contributed by atoms with van der Waals surface area (Å²) in [4.78, 5) is 2.47. The van der Waals surface area contributed by atoms with E-state index in [0.29, 0.717) is 6.04 Å². The van der Waals surface area contributed by atoms with E-state index < -0.39 is 0 Å². The molecule has 0 aromatic carbocycles. The third-order valence-corrected chi connectivity index (χ3v) is 2.40. The summed E-state index contributed by atoms with van der Waals surface area (Å²) in [5, 5.41) is 0. The van der Waals surface area contributed by atoms with E-state index in [9.17, 15) is 0 Å². The van der Waals surface area contributed by atoms with E-state index in [-0.39, 0.29) is 0 Å². The molecule has 0 aromatic heterocycles. The molecule has 1 heterocycles. The van der Waals surface area contributed by atoms with Crippen molar-refractivity contribution in [1.29, 1.82) is 0 Å². The molecule has 1 aliphatic rings. The maximum Gasteiger partial charge on any atom is 0.0230 e. The van der Waals surface area contributed by atoms with Crippen molar-refractivity contribution in [2.24, 2.45) is 0 Å². The summed E-state index contributed by atoms with van der Waals surface area (Å²) >= 11 is 0. The van der Waals surface area contributed by atoms with Crippen molar-refractivity contribution < 1.29 is 0 Å². The molecule has 1 heteroatoms. The molecule has 0 atom stereocenters. The van der Waals surface area contributed by atoms with E-state index in [1.165, 1.54) is 18.7 Å². The third kappa shape index (κ3) is 1.18. The number of hydrogen-bond acceptors (Lipinski definition) is 1. The molecule has 10 heavy (non-hydrogen) atoms. The minimum absolute atomic E-state index is 0.678. The lowest BCUT2D eigenvalue weighted by molar-refractivity contribution is 0.310. The Balaban J connectivity index is 2.68. The Hall–Kier alpha value is -0.460. The van der Waals surface area contributed by atoms with Gasteiger partial charge in [-0.05, 0) is 34.1 Å². The van der Waals surface area contributed by atoms with E-state index in [1.54, 1.807) is 5.57 Å². The zero-order valence-electron chi connectivity index (χ0n) is 7.44. The van der Waals surface area contributed by atoms with Crippen molar-refractivity contribution in [2.75, 3.05) is 6.54 Å². The molecule has 0 aromatic rings. The highest BCUT2D eigenvalue weighted by Gasteiger charge is 2.17. The van der Waals surface area contributed by atoms with E-state index in [1.807, 2.05) is 0 Å². The molecule has 1 rings (SSSR count). The monoisotopic (exact) mass is 139 g/mol. The predicted octanol–water partition coefficient (Wildman–Crippen LogP) is 2.39. The largest absolute Gasteiger partial charge is 0.372 e. The van der Waals surface area contributed by atoms with Crippen molar-refractivity contribution in [2.45, 2.75) is 40.2 Å². The van der Waals surface area contributed by atoms with Gasteiger partial charge >= 0.3 is 0 Å². The van der Waals surface area contributed by atoms with Gasteiger partial charge in [-0.3, -0.25) is 0 Å². The van der Waals surface area contributed by atoms with E-state index >= 15 is 0 Å². The second-order valence-electron chi connectivity index (χ2n) is 3.40. The normalized spacial score (nSPS) is 19.5. The first kappa shape index (κ1) is 7.64. The van der Waals surface area contributed by atoms with Crippen LogP contribution >= 0.6 is 0 Å². The molecule has 0 aliphatic carbocycles. The van der Waals surface area contributed by atoms with Crippen LogP contribution in [0.3, 0.4) is 0 Å². The lowest BCUT2D eigenvalue weighted by Crippen LogP contribution is -2.26. The summed E-state index contributed by atoms with van der Waals surface area (Å²) in [6, 6.07) is 0.678. The van der Waals surface area contributed by atoms with Gasteiger partial charge in [-0.1, -0.05) is 5.57 Å². The minimum Gasteiger partial charge on any atom is -0.372 e. The molecule has 0 amide bonds. The van der Waals surface area contributed by atoms with Crippen molar-refractivity contribution in [3.05, 3.63) is 11.3 Å². The van der Waals surface area contributed by atoms with Crippen LogP contribution in [0.15, 0.2) is 11.3 Å². The summed E-state index contributed by atoms with van der Waals surface area (Å²) in [6.07, 6.45) is 1.27. The molecule has 58 valence electrons. The molecule has 0 radical (unpaired) electrons. The molecule has 0 N–H and O–H groups in total. The standard InChI is InChI=1S/C9H17N/c1-7(2)10-6-5-8(3)9(10)4/h7H,5-6H2,1-4H3. The number of nitrogens with zero attached hydrogens (tertiary/aromatic N) is 1. The van der Waals surface area contributed by atoms with Crippen LogP contribution < -0.4 is 0 Å². The fraction of sp³-hybridized carbons (Fsp3) is 0.778. The van der Waals surface area contributed by atoms with Crippen LogP contribution in [-0.2, 0) is 0 Å². The smallest absolute Gasteiger partial charge is 0.0230 e. The zero-order valence-corrected chi connectivity index (χ0v) is 7.44. The Kier molecular flexibility index (Phi) is 2.02. The van der Waals surface area contributed by atoms with Gasteiger partial charge in [0.05, 0.1) is 0 Å². The maximum atomic E-state index is 2.47. The molecule has 0 bridgehead atoms. The first-order valence-corrected chi connectivity index (χ1v) is 4.06. The zero-order chi connectivity index (χ0) is 7.72. The van der Waals surface area contributed by atoms with E-state index in [0.717, 1.165) is 0 Å². The molecular weight excluding hydrogens is 122 g/mol. The first-order valence-electron chi connectivity index (χ1n) is 4.06. The summed E-state index contributed by atoms with van der Waals surface area (Å²) in [5.74, 6) is 0. The topological polar surface area (TPSA) is 3.24 Å². The van der Waals surface area contributed by atoms with Crippen molar-refractivity contribution in [3.63, 3.8) is 0 Å². The van der Waals surface area contributed by atoms with Crippen LogP contribution in [0.25, 0.3) is 0 Å². The Morgan fingerprint density at radius 2 is 1.90 bits per heavy atom. The summed E-state index contributed by atoms with van der Waals surface area (Å²) in [7, 11) is 0. The van der Waals surface area contributed by atoms with Crippen LogP contribution in [0, 0.1) is 0 Å². The quantitative estimate of drug-likeness (QED) is 0.539. The Bertz CT molecular complexity index is 156. The van der Waals surface area contributed by atoms with Crippen LogP contribution in [0.4, 0.5) is 0 Å². The fourth-order valence-electron chi connectivity index (χ4n) is 1.53. The number of rotatable bonds is 1. The van der Waals surface area contributed by atoms with Gasteiger partial charge in [-0.15, -0.1) is 0 Å². The second kappa shape index (κ2) is 2.65. The molecular formula is C9H17N. The van der Waals surface area contributed by atoms with Gasteiger partial charge < -0.3 is 4.90 Å². The van der Waals surface area contributed by atoms with Crippen LogP contribution in [0.5, 0.6) is 0 Å². The summed E-state index contributed by atoms with van der Waals surface area (Å²) in [5.41, 5.74) is 3.06. The van der Waals surface area contributed by atoms with Crippen LogP contribution in [0.1, 0.15) is 34.1 Å². The van der Waals surface area contributed by atoms with Gasteiger partial charge in [0.2, 0.25) is 0 Å². The van der Waals surface area contributed by atoms with Gasteiger partial charge in [0.1, 0.15) is 0 Å². The van der Waals surface area contributed by atoms with Crippen LogP contribution in [-0.4, -0.2) is 17.5 Å². The van der Waals surface area contributed by atoms with Crippen molar-refractivity contribution in [1.82, 2.24) is 4.90 Å². The van der Waals surface area contributed by atoms with Crippen molar-refractivity contribution >= 4 is 0 Å². The van der Waals surface area contributed by atoms with Crippen molar-refractivity contribution in [3.8, 4) is 0 Å². The Morgan fingerprint density at radius 1 is 1.30 bits per heavy atom. The van der Waals surface area contributed by atoms with Gasteiger partial charge in [0.15, 0.2) is 0 Å². The van der Waals surface area contributed by atoms with Gasteiger partial charge in [-0.25, -0.2) is 0 Å². The highest BCUT2D eigenvalue weighted by molar-refractivity contribution is 5.15. The Labute approximate surface area is 63.7 Å². The summed E-state index contributed by atoms with van der Waals surface area (Å²) in [6.45, 7) is 10.2. The average molecular weight is 139 g/mol. The second-order valence-corrected chi connectivity index (χ2v) is 3.40. The first-order chi connectivity index (χ1) is 4.63. The van der Waals surface area contributed by atoms with Gasteiger partial charge in [-0.2, -0.15) is 0 Å². The average Bonchev–Trinajstić information content (AvgIpc) is 2.14. The maximum absolute atomic E-state index is 2.47. The molecule has 0 spiro atoms. The van der Waals surface area contributed by atoms with Gasteiger partial charge in [0.25, 0.3) is 0 Å². The molecule has 0 unspecified atom stereocenters. The number of hydrogen-bond donors (Lipinski definition) is 0. The fourth-order valence-corrected chi connectivity index (χ4v) is 1.53. The predicted molar refractivity (Wildman–Crippen MR) is 44.8 cm³/mol. The summed E-state index contributed by atoms with van der Waals surface area (Å²) < 4.78 is 0. The lowest BCUT2D eigenvalue weighted by Gasteiger charge is -2.24. The Morgan fingerprint density at radius 3 is 2.10 bits per heavy atom. The van der Waals surface area contributed by atoms with E-state index in [2.05, 4.69) is 32.6 Å². The van der Waals surface area contributed by atoms with Gasteiger partial charge in [0, 0.05) is 18.3 Å². The van der Waals surface area contributed by atoms with Crippen LogP contribution in [0.2, 0.25) is 0 Å². The highest BCUT2D eigenvalue weighted by Crippen LogP contribution is 2.23. The SMILES string of the molecule is CC1=C(C)N(C(C)C)CC1. The third-order valence-electron chi connectivity index (χ3n) is 2.40. The molecule has 0 fully saturated rings. The number of allylic oxidation sites excluding steroid dienone is 1. The lowest BCUT2D eigenvalue weighted by atomic mass is 10.2. The molecule has 0 saturated heterocycles. The minimum atomic E-state index is 0.678. The molecule has 1 nitrogen and oxygen atoms in total.